The molecule has 0 aliphatic carbocycles. The number of halogens is 1. The Morgan fingerprint density at radius 2 is 2.21 bits per heavy atom. The average molecular weight is 255 g/mol. The van der Waals surface area contributed by atoms with Gasteiger partial charge in [0.05, 0.1) is 12.9 Å². The van der Waals surface area contributed by atoms with E-state index in [9.17, 15) is 5.11 Å². The smallest absolute Gasteiger partial charge is 0.155 e. The number of rotatable bonds is 2. The molecular weight excluding hydrogens is 244 g/mol. The summed E-state index contributed by atoms with van der Waals surface area (Å²) < 4.78 is 0.924. The van der Waals surface area contributed by atoms with Crippen LogP contribution in [0.1, 0.15) is 11.8 Å². The van der Waals surface area contributed by atoms with Crippen LogP contribution in [0.3, 0.4) is 0 Å². The number of hydrogen-bond acceptors (Lipinski definition) is 3. The van der Waals surface area contributed by atoms with Crippen LogP contribution in [0.2, 0.25) is 0 Å². The molecule has 1 aliphatic heterocycles. The highest BCUT2D eigenvalue weighted by Crippen LogP contribution is 2.25. The number of aliphatic hydroxyl groups is 1. The first-order chi connectivity index (χ1) is 6.79. The zero-order valence-electron chi connectivity index (χ0n) is 7.60. The summed E-state index contributed by atoms with van der Waals surface area (Å²) in [6.07, 6.45) is 1.10. The largest absolute Gasteiger partial charge is 0.369 e. The van der Waals surface area contributed by atoms with Crippen molar-refractivity contribution in [1.29, 1.82) is 0 Å². The van der Waals surface area contributed by atoms with Gasteiger partial charge in [-0.3, -0.25) is 4.99 Å². The van der Waals surface area contributed by atoms with Crippen LogP contribution in [0.5, 0.6) is 0 Å². The van der Waals surface area contributed by atoms with Crippen molar-refractivity contribution >= 4 is 22.3 Å². The van der Waals surface area contributed by atoms with Gasteiger partial charge in [-0.2, -0.15) is 0 Å². The number of nitrogens with zero attached hydrogens (tertiary/aromatic N) is 2. The Morgan fingerprint density at radius 1 is 1.43 bits per heavy atom. The summed E-state index contributed by atoms with van der Waals surface area (Å²) in [5.41, 5.74) is 0.876. The summed E-state index contributed by atoms with van der Waals surface area (Å²) in [6, 6.07) is 7.67. The fourth-order valence-electron chi connectivity index (χ4n) is 1.44. The first kappa shape index (κ1) is 9.68. The van der Waals surface area contributed by atoms with Crippen LogP contribution < -0.4 is 0 Å². The molecule has 0 saturated carbocycles. The molecule has 0 radical (unpaired) electrons. The molecule has 0 aromatic heterocycles. The van der Waals surface area contributed by atoms with E-state index in [0.29, 0.717) is 0 Å². The molecule has 1 unspecified atom stereocenters. The zero-order valence-corrected chi connectivity index (χ0v) is 9.18. The van der Waals surface area contributed by atoms with Crippen molar-refractivity contribution in [2.75, 3.05) is 13.1 Å². The fraction of sp³-hybridized carbons (Fsp3) is 0.300. The summed E-state index contributed by atoms with van der Waals surface area (Å²) in [4.78, 5) is 5.89. The van der Waals surface area contributed by atoms with Crippen LogP contribution in [0.4, 0.5) is 0 Å². The van der Waals surface area contributed by atoms with Gasteiger partial charge in [0, 0.05) is 16.6 Å². The maximum absolute atomic E-state index is 10.0. The molecular formula is C10H11BrN2O. The van der Waals surface area contributed by atoms with E-state index in [2.05, 4.69) is 20.9 Å². The maximum atomic E-state index is 10.0. The summed E-state index contributed by atoms with van der Waals surface area (Å²) in [6.45, 7) is 1.55. The summed E-state index contributed by atoms with van der Waals surface area (Å²) >= 11 is 3.41. The van der Waals surface area contributed by atoms with Crippen LogP contribution in [-0.4, -0.2) is 29.4 Å². The van der Waals surface area contributed by atoms with E-state index in [4.69, 9.17) is 0 Å². The van der Waals surface area contributed by atoms with E-state index in [0.717, 1.165) is 23.1 Å². The van der Waals surface area contributed by atoms with E-state index in [1.807, 2.05) is 29.2 Å². The predicted octanol–water partition coefficient (Wildman–Crippen LogP) is 1.78. The second kappa shape index (κ2) is 4.11. The van der Waals surface area contributed by atoms with Gasteiger partial charge in [0.1, 0.15) is 0 Å². The Hall–Kier alpha value is -0.870. The van der Waals surface area contributed by atoms with Gasteiger partial charge < -0.3 is 10.0 Å². The van der Waals surface area contributed by atoms with E-state index < -0.39 is 6.23 Å². The number of aliphatic hydroxyl groups excluding tert-OH is 1. The molecule has 1 aliphatic rings. The summed E-state index contributed by atoms with van der Waals surface area (Å²) in [5.74, 6) is 0. The highest BCUT2D eigenvalue weighted by molar-refractivity contribution is 9.10. The van der Waals surface area contributed by atoms with Crippen molar-refractivity contribution in [3.8, 4) is 0 Å². The number of benzene rings is 1. The van der Waals surface area contributed by atoms with Crippen LogP contribution in [0, 0.1) is 0 Å². The lowest BCUT2D eigenvalue weighted by atomic mass is 10.2. The Balaban J connectivity index is 2.22. The van der Waals surface area contributed by atoms with E-state index in [1.54, 1.807) is 6.34 Å². The van der Waals surface area contributed by atoms with Crippen LogP contribution in [0.15, 0.2) is 33.7 Å². The lowest BCUT2D eigenvalue weighted by Crippen LogP contribution is -2.25. The normalized spacial score (nSPS) is 17.4. The van der Waals surface area contributed by atoms with E-state index in [1.165, 1.54) is 0 Å². The lowest BCUT2D eigenvalue weighted by Gasteiger charge is -2.22. The maximum Gasteiger partial charge on any atom is 0.155 e. The minimum absolute atomic E-state index is 0.600. The van der Waals surface area contributed by atoms with Gasteiger partial charge in [-0.25, -0.2) is 0 Å². The topological polar surface area (TPSA) is 35.8 Å². The minimum atomic E-state index is -0.600. The quantitative estimate of drug-likeness (QED) is 0.874. The molecule has 0 spiro atoms. The molecule has 3 nitrogen and oxygen atoms in total. The molecule has 0 bridgehead atoms. The van der Waals surface area contributed by atoms with E-state index in [-0.39, 0.29) is 0 Å². The second-order valence-corrected chi connectivity index (χ2v) is 4.01. The van der Waals surface area contributed by atoms with Crippen LogP contribution in [-0.2, 0) is 0 Å². The van der Waals surface area contributed by atoms with E-state index >= 15 is 0 Å². The van der Waals surface area contributed by atoms with Gasteiger partial charge >= 0.3 is 0 Å². The van der Waals surface area contributed by atoms with Crippen molar-refractivity contribution < 1.29 is 5.11 Å². The molecule has 1 heterocycles. The Labute approximate surface area is 91.2 Å². The Morgan fingerprint density at radius 3 is 2.86 bits per heavy atom. The van der Waals surface area contributed by atoms with Gasteiger partial charge in [-0.15, -0.1) is 0 Å². The molecule has 1 aromatic rings. The first-order valence-corrected chi connectivity index (χ1v) is 5.26. The molecule has 1 aromatic carbocycles. The van der Waals surface area contributed by atoms with Crippen molar-refractivity contribution in [1.82, 2.24) is 4.90 Å². The fourth-order valence-corrected chi connectivity index (χ4v) is 1.93. The molecule has 1 N–H and O–H groups in total. The molecule has 74 valence electrons. The average Bonchev–Trinajstić information content (AvgIpc) is 2.70. The molecule has 2 rings (SSSR count). The Kier molecular flexibility index (Phi) is 2.84. The number of hydrogen-bond donors (Lipinski definition) is 1. The minimum Gasteiger partial charge on any atom is -0.369 e. The van der Waals surface area contributed by atoms with Crippen molar-refractivity contribution in [3.05, 3.63) is 34.3 Å². The Bertz CT molecular complexity index is 354. The third-order valence-electron chi connectivity index (χ3n) is 2.21. The highest BCUT2D eigenvalue weighted by Gasteiger charge is 2.18. The third-order valence-corrected chi connectivity index (χ3v) is 2.94. The van der Waals surface area contributed by atoms with Crippen LogP contribution >= 0.6 is 15.9 Å². The van der Waals surface area contributed by atoms with Crippen molar-refractivity contribution in [2.24, 2.45) is 4.99 Å². The molecule has 0 saturated heterocycles. The molecule has 4 heteroatoms. The monoisotopic (exact) mass is 254 g/mol. The second-order valence-electron chi connectivity index (χ2n) is 3.15. The molecule has 14 heavy (non-hydrogen) atoms. The highest BCUT2D eigenvalue weighted by atomic mass is 79.9. The molecule has 1 atom stereocenters. The predicted molar refractivity (Wildman–Crippen MR) is 59.2 cm³/mol. The van der Waals surface area contributed by atoms with Crippen LogP contribution in [0.25, 0.3) is 0 Å². The SMILES string of the molecule is OC(c1ccccc1Br)N1C=NCC1. The van der Waals surface area contributed by atoms with Gasteiger partial charge in [0.15, 0.2) is 6.23 Å². The van der Waals surface area contributed by atoms with Crippen molar-refractivity contribution in [3.63, 3.8) is 0 Å². The van der Waals surface area contributed by atoms with Gasteiger partial charge in [0.2, 0.25) is 0 Å². The summed E-state index contributed by atoms with van der Waals surface area (Å²) in [5, 5.41) is 10.0. The van der Waals surface area contributed by atoms with Gasteiger partial charge in [0.25, 0.3) is 0 Å². The summed E-state index contributed by atoms with van der Waals surface area (Å²) in [7, 11) is 0. The van der Waals surface area contributed by atoms with Gasteiger partial charge in [-0.1, -0.05) is 34.1 Å². The lowest BCUT2D eigenvalue weighted by molar-refractivity contribution is 0.0624. The standard InChI is InChI=1S/C10H11BrN2O/c11-9-4-2-1-3-8(9)10(14)13-6-5-12-7-13/h1-4,7,10,14H,5-6H2. The third kappa shape index (κ3) is 1.81. The zero-order chi connectivity index (χ0) is 9.97. The molecule has 0 amide bonds. The number of aliphatic imine (C=N–C) groups is 1. The first-order valence-electron chi connectivity index (χ1n) is 4.47. The molecule has 0 fully saturated rings. The van der Waals surface area contributed by atoms with Crippen molar-refractivity contribution in [2.45, 2.75) is 6.23 Å². The van der Waals surface area contributed by atoms with Gasteiger partial charge in [-0.05, 0) is 6.07 Å².